The van der Waals surface area contributed by atoms with Crippen molar-refractivity contribution in [2.24, 2.45) is 5.92 Å². The van der Waals surface area contributed by atoms with Crippen molar-refractivity contribution in [3.05, 3.63) is 29.3 Å². The molecule has 1 aliphatic rings. The molecule has 1 aromatic rings. The quantitative estimate of drug-likeness (QED) is 0.865. The van der Waals surface area contributed by atoms with E-state index in [9.17, 15) is 22.8 Å². The molecule has 0 aromatic heterocycles. The van der Waals surface area contributed by atoms with Crippen molar-refractivity contribution in [3.63, 3.8) is 0 Å². The smallest absolute Gasteiger partial charge is 0.372 e. The molecule has 1 aliphatic heterocycles. The van der Waals surface area contributed by atoms with Gasteiger partial charge in [-0.1, -0.05) is 6.92 Å². The third kappa shape index (κ3) is 4.32. The van der Waals surface area contributed by atoms with Gasteiger partial charge >= 0.3 is 6.18 Å². The first kappa shape index (κ1) is 19.7. The Kier molecular flexibility index (Phi) is 5.87. The Labute approximate surface area is 148 Å². The average molecular weight is 369 g/mol. The van der Waals surface area contributed by atoms with Crippen LogP contribution in [0, 0.1) is 17.2 Å². The fourth-order valence-electron chi connectivity index (χ4n) is 2.58. The molecule has 2 rings (SSSR count). The van der Waals surface area contributed by atoms with Gasteiger partial charge in [0.25, 0.3) is 11.8 Å². The number of carbonyl (C=O) groups excluding carboxylic acids is 2. The molecule has 140 valence electrons. The molecule has 1 saturated heterocycles. The monoisotopic (exact) mass is 369 g/mol. The van der Waals surface area contributed by atoms with Crippen LogP contribution >= 0.6 is 0 Å². The molecule has 6 nitrogen and oxygen atoms in total. The SMILES string of the molecule is CCC(OC)C(=O)Nc1cc(C(=O)N2CC(C#N)C2)cc(C(F)(F)F)c1. The van der Waals surface area contributed by atoms with Crippen LogP contribution in [0.4, 0.5) is 18.9 Å². The Balaban J connectivity index is 2.30. The Bertz CT molecular complexity index is 733. The van der Waals surface area contributed by atoms with E-state index < -0.39 is 29.7 Å². The summed E-state index contributed by atoms with van der Waals surface area (Å²) in [6, 6.07) is 4.69. The van der Waals surface area contributed by atoms with Gasteiger partial charge in [0.2, 0.25) is 0 Å². The molecule has 0 saturated carbocycles. The van der Waals surface area contributed by atoms with E-state index >= 15 is 0 Å². The summed E-state index contributed by atoms with van der Waals surface area (Å²) in [6.07, 6.45) is -5.14. The number of amides is 2. The maximum absolute atomic E-state index is 13.1. The van der Waals surface area contributed by atoms with E-state index in [1.54, 1.807) is 6.92 Å². The zero-order valence-corrected chi connectivity index (χ0v) is 14.3. The van der Waals surface area contributed by atoms with Gasteiger partial charge in [-0.3, -0.25) is 9.59 Å². The molecular formula is C17H18F3N3O3. The van der Waals surface area contributed by atoms with Crippen LogP contribution in [0.1, 0.15) is 29.3 Å². The standard InChI is InChI=1S/C17H18F3N3O3/c1-3-14(26-2)15(24)22-13-5-11(4-12(6-13)17(18,19)20)16(25)23-8-10(7-21)9-23/h4-6,10,14H,3,8-9H2,1-2H3,(H,22,24). The molecular weight excluding hydrogens is 351 g/mol. The van der Waals surface area contributed by atoms with Gasteiger partial charge in [0.05, 0.1) is 17.6 Å². The maximum atomic E-state index is 13.1. The average Bonchev–Trinajstić information content (AvgIpc) is 2.53. The van der Waals surface area contributed by atoms with E-state index in [1.165, 1.54) is 18.1 Å². The third-order valence-electron chi connectivity index (χ3n) is 4.07. The van der Waals surface area contributed by atoms with E-state index in [-0.39, 0.29) is 30.3 Å². The van der Waals surface area contributed by atoms with E-state index in [2.05, 4.69) is 5.32 Å². The van der Waals surface area contributed by atoms with Crippen molar-refractivity contribution in [1.82, 2.24) is 4.90 Å². The van der Waals surface area contributed by atoms with Crippen molar-refractivity contribution >= 4 is 17.5 Å². The first-order valence-corrected chi connectivity index (χ1v) is 7.94. The number of alkyl halides is 3. The van der Waals surface area contributed by atoms with Crippen LogP contribution in [-0.2, 0) is 15.7 Å². The summed E-state index contributed by atoms with van der Waals surface area (Å²) in [4.78, 5) is 25.7. The zero-order chi connectivity index (χ0) is 19.5. The van der Waals surface area contributed by atoms with Crippen LogP contribution in [0.3, 0.4) is 0 Å². The Morgan fingerprint density at radius 3 is 2.54 bits per heavy atom. The molecule has 0 aliphatic carbocycles. The van der Waals surface area contributed by atoms with Crippen LogP contribution < -0.4 is 5.32 Å². The van der Waals surface area contributed by atoms with E-state index in [0.717, 1.165) is 12.1 Å². The van der Waals surface area contributed by atoms with Gasteiger partial charge in [0.15, 0.2) is 0 Å². The highest BCUT2D eigenvalue weighted by atomic mass is 19.4. The number of nitrogens with one attached hydrogen (secondary N) is 1. The molecule has 1 N–H and O–H groups in total. The van der Waals surface area contributed by atoms with Gasteiger partial charge in [-0.25, -0.2) is 0 Å². The van der Waals surface area contributed by atoms with Crippen molar-refractivity contribution in [1.29, 1.82) is 5.26 Å². The molecule has 26 heavy (non-hydrogen) atoms. The highest BCUT2D eigenvalue weighted by Crippen LogP contribution is 2.33. The number of nitriles is 1. The van der Waals surface area contributed by atoms with Crippen molar-refractivity contribution < 1.29 is 27.5 Å². The van der Waals surface area contributed by atoms with Crippen molar-refractivity contribution in [2.45, 2.75) is 25.6 Å². The minimum atomic E-state index is -4.68. The summed E-state index contributed by atoms with van der Waals surface area (Å²) in [5.74, 6) is -1.52. The molecule has 1 unspecified atom stereocenters. The van der Waals surface area contributed by atoms with Gasteiger partial charge in [-0.15, -0.1) is 0 Å². The molecule has 1 atom stereocenters. The highest BCUT2D eigenvalue weighted by Gasteiger charge is 2.35. The number of methoxy groups -OCH3 is 1. The van der Waals surface area contributed by atoms with Crippen molar-refractivity contribution in [2.75, 3.05) is 25.5 Å². The van der Waals surface area contributed by atoms with Gasteiger partial charge in [-0.05, 0) is 24.6 Å². The number of ether oxygens (including phenoxy) is 1. The Hall–Kier alpha value is -2.60. The van der Waals surface area contributed by atoms with Crippen LogP contribution in [0.25, 0.3) is 0 Å². The molecule has 0 bridgehead atoms. The number of nitrogens with zero attached hydrogens (tertiary/aromatic N) is 2. The Morgan fingerprint density at radius 2 is 2.04 bits per heavy atom. The maximum Gasteiger partial charge on any atom is 0.416 e. The topological polar surface area (TPSA) is 82.4 Å². The second-order valence-electron chi connectivity index (χ2n) is 5.95. The highest BCUT2D eigenvalue weighted by molar-refractivity contribution is 5.99. The number of hydrogen-bond acceptors (Lipinski definition) is 4. The number of anilines is 1. The summed E-state index contributed by atoms with van der Waals surface area (Å²) >= 11 is 0. The fourth-order valence-corrected chi connectivity index (χ4v) is 2.58. The lowest BCUT2D eigenvalue weighted by Crippen LogP contribution is -2.49. The first-order chi connectivity index (χ1) is 12.2. The summed E-state index contributed by atoms with van der Waals surface area (Å²) < 4.78 is 44.4. The molecule has 1 aromatic carbocycles. The minimum absolute atomic E-state index is 0.138. The molecule has 1 fully saturated rings. The summed E-state index contributed by atoms with van der Waals surface area (Å²) in [5.41, 5.74) is -1.38. The molecule has 0 spiro atoms. The molecule has 1 heterocycles. The van der Waals surface area contributed by atoms with Crippen molar-refractivity contribution in [3.8, 4) is 6.07 Å². The predicted molar refractivity (Wildman–Crippen MR) is 86.2 cm³/mol. The second kappa shape index (κ2) is 7.74. The molecule has 9 heteroatoms. The number of halogens is 3. The third-order valence-corrected chi connectivity index (χ3v) is 4.07. The minimum Gasteiger partial charge on any atom is -0.372 e. The zero-order valence-electron chi connectivity index (χ0n) is 14.3. The number of likely N-dealkylation sites (tertiary alicyclic amines) is 1. The number of benzene rings is 1. The Morgan fingerprint density at radius 1 is 1.38 bits per heavy atom. The molecule has 2 amide bonds. The van der Waals surface area contributed by atoms with E-state index in [4.69, 9.17) is 10.00 Å². The van der Waals surface area contributed by atoms with Crippen LogP contribution in [0.5, 0.6) is 0 Å². The molecule has 0 radical (unpaired) electrons. The summed E-state index contributed by atoms with van der Waals surface area (Å²) in [6.45, 7) is 2.05. The second-order valence-corrected chi connectivity index (χ2v) is 5.95. The largest absolute Gasteiger partial charge is 0.416 e. The number of carbonyl (C=O) groups is 2. The van der Waals surface area contributed by atoms with E-state index in [1.807, 2.05) is 6.07 Å². The van der Waals surface area contributed by atoms with Crippen LogP contribution in [0.15, 0.2) is 18.2 Å². The lowest BCUT2D eigenvalue weighted by atomic mass is 9.99. The lowest BCUT2D eigenvalue weighted by molar-refractivity contribution is -0.137. The number of hydrogen-bond donors (Lipinski definition) is 1. The normalized spacial score (nSPS) is 15.8. The lowest BCUT2D eigenvalue weighted by Gasteiger charge is -2.35. The van der Waals surface area contributed by atoms with Gasteiger partial charge in [0.1, 0.15) is 6.10 Å². The van der Waals surface area contributed by atoms with Gasteiger partial charge < -0.3 is 15.0 Å². The number of rotatable bonds is 5. The van der Waals surface area contributed by atoms with Gasteiger partial charge in [-0.2, -0.15) is 18.4 Å². The first-order valence-electron chi connectivity index (χ1n) is 7.94. The summed E-state index contributed by atoms with van der Waals surface area (Å²) in [7, 11) is 1.32. The van der Waals surface area contributed by atoms with Crippen LogP contribution in [0.2, 0.25) is 0 Å². The van der Waals surface area contributed by atoms with Gasteiger partial charge in [0, 0.05) is 31.5 Å². The van der Waals surface area contributed by atoms with E-state index in [0.29, 0.717) is 6.42 Å². The predicted octanol–water partition coefficient (Wildman–Crippen LogP) is 2.66. The fraction of sp³-hybridized carbons (Fsp3) is 0.471. The van der Waals surface area contributed by atoms with Crippen LogP contribution in [-0.4, -0.2) is 43.0 Å². The summed E-state index contributed by atoms with van der Waals surface area (Å²) in [5, 5.41) is 11.1.